The molecule has 3 heteroatoms. The van der Waals surface area contributed by atoms with Crippen LogP contribution in [0.2, 0.25) is 0 Å². The van der Waals surface area contributed by atoms with Crippen LogP contribution in [0, 0.1) is 6.33 Å². The Morgan fingerprint density at radius 2 is 2.38 bits per heavy atom. The third kappa shape index (κ3) is 1.87. The summed E-state index contributed by atoms with van der Waals surface area (Å²) >= 11 is 0. The van der Waals surface area contributed by atoms with E-state index in [0.717, 1.165) is 17.8 Å². The van der Waals surface area contributed by atoms with Gasteiger partial charge >= 0.3 is 0 Å². The Hall–Kier alpha value is -1.77. The van der Waals surface area contributed by atoms with Gasteiger partial charge in [0.25, 0.3) is 0 Å². The van der Waals surface area contributed by atoms with E-state index in [9.17, 15) is 0 Å². The summed E-state index contributed by atoms with van der Waals surface area (Å²) in [4.78, 5) is 3.85. The lowest BCUT2D eigenvalue weighted by Gasteiger charge is -2.02. The molecule has 0 unspecified atom stereocenters. The monoisotopic (exact) mass is 172 g/mol. The number of anilines is 1. The van der Waals surface area contributed by atoms with E-state index in [1.165, 1.54) is 0 Å². The van der Waals surface area contributed by atoms with E-state index in [4.69, 9.17) is 5.73 Å². The van der Waals surface area contributed by atoms with Crippen molar-refractivity contribution in [2.24, 2.45) is 0 Å². The van der Waals surface area contributed by atoms with Gasteiger partial charge in [-0.1, -0.05) is 12.1 Å². The summed E-state index contributed by atoms with van der Waals surface area (Å²) < 4.78 is 1.88. The summed E-state index contributed by atoms with van der Waals surface area (Å²) in [5.74, 6) is 0. The van der Waals surface area contributed by atoms with Crippen LogP contribution in [0.5, 0.6) is 0 Å². The summed E-state index contributed by atoms with van der Waals surface area (Å²) in [6, 6.07) is 7.81. The Morgan fingerprint density at radius 3 is 3.08 bits per heavy atom. The second kappa shape index (κ2) is 3.31. The summed E-state index contributed by atoms with van der Waals surface area (Å²) in [5.41, 5.74) is 7.60. The molecule has 0 aliphatic heterocycles. The van der Waals surface area contributed by atoms with Crippen molar-refractivity contribution in [3.63, 3.8) is 0 Å². The van der Waals surface area contributed by atoms with Crippen molar-refractivity contribution in [2.45, 2.75) is 6.54 Å². The molecular weight excluding hydrogens is 162 g/mol. The van der Waals surface area contributed by atoms with Gasteiger partial charge in [0.1, 0.15) is 0 Å². The minimum Gasteiger partial charge on any atom is -0.399 e. The number of benzene rings is 1. The molecule has 65 valence electrons. The van der Waals surface area contributed by atoms with E-state index in [1.807, 2.05) is 35.0 Å². The minimum atomic E-state index is 0.769. The standard InChI is InChI=1S/C10H10N3/c11-10-3-1-2-9(6-10)7-13-5-4-12-8-13/h1-6H,7,11H2. The zero-order chi connectivity index (χ0) is 9.10. The highest BCUT2D eigenvalue weighted by atomic mass is 15.0. The summed E-state index contributed by atoms with van der Waals surface area (Å²) in [7, 11) is 0. The highest BCUT2D eigenvalue weighted by Gasteiger charge is 1.94. The summed E-state index contributed by atoms with van der Waals surface area (Å²) in [5, 5.41) is 0. The molecule has 0 amide bonds. The second-order valence-electron chi connectivity index (χ2n) is 2.90. The Morgan fingerprint density at radius 1 is 1.46 bits per heavy atom. The molecule has 0 atom stereocenters. The number of nitrogens with zero attached hydrogens (tertiary/aromatic N) is 2. The van der Waals surface area contributed by atoms with E-state index in [1.54, 1.807) is 6.20 Å². The molecule has 2 N–H and O–H groups in total. The van der Waals surface area contributed by atoms with Crippen LogP contribution in [-0.4, -0.2) is 9.55 Å². The van der Waals surface area contributed by atoms with E-state index in [0.29, 0.717) is 0 Å². The molecule has 2 aromatic rings. The number of hydrogen-bond acceptors (Lipinski definition) is 2. The average molecular weight is 172 g/mol. The third-order valence-corrected chi connectivity index (χ3v) is 1.81. The Labute approximate surface area is 76.8 Å². The number of aromatic nitrogens is 2. The summed E-state index contributed by atoms with van der Waals surface area (Å²) in [6.07, 6.45) is 6.42. The highest BCUT2D eigenvalue weighted by Crippen LogP contribution is 2.07. The second-order valence-corrected chi connectivity index (χ2v) is 2.90. The zero-order valence-electron chi connectivity index (χ0n) is 7.14. The summed E-state index contributed by atoms with van der Waals surface area (Å²) in [6.45, 7) is 0.769. The smallest absolute Gasteiger partial charge is 0.176 e. The molecule has 1 radical (unpaired) electrons. The third-order valence-electron chi connectivity index (χ3n) is 1.81. The zero-order valence-corrected chi connectivity index (χ0v) is 7.14. The van der Waals surface area contributed by atoms with Crippen molar-refractivity contribution in [2.75, 3.05) is 5.73 Å². The molecule has 1 aromatic heterocycles. The van der Waals surface area contributed by atoms with Crippen LogP contribution in [-0.2, 0) is 6.54 Å². The number of nitrogens with two attached hydrogens (primary N) is 1. The van der Waals surface area contributed by atoms with Crippen LogP contribution in [0.3, 0.4) is 0 Å². The average Bonchev–Trinajstić information content (AvgIpc) is 2.57. The first-order valence-electron chi connectivity index (χ1n) is 4.08. The quantitative estimate of drug-likeness (QED) is 0.694. The molecule has 0 fully saturated rings. The van der Waals surface area contributed by atoms with Gasteiger partial charge in [0.05, 0.1) is 0 Å². The van der Waals surface area contributed by atoms with E-state index < -0.39 is 0 Å². The van der Waals surface area contributed by atoms with Gasteiger partial charge in [-0.2, -0.15) is 0 Å². The van der Waals surface area contributed by atoms with E-state index >= 15 is 0 Å². The number of imidazole rings is 1. The number of rotatable bonds is 2. The van der Waals surface area contributed by atoms with Crippen molar-refractivity contribution in [1.29, 1.82) is 0 Å². The van der Waals surface area contributed by atoms with Gasteiger partial charge in [-0.25, -0.2) is 4.98 Å². The molecule has 0 aliphatic rings. The minimum absolute atomic E-state index is 0.769. The van der Waals surface area contributed by atoms with Crippen molar-refractivity contribution < 1.29 is 0 Å². The Bertz CT molecular complexity index is 379. The van der Waals surface area contributed by atoms with Crippen LogP contribution in [0.25, 0.3) is 0 Å². The van der Waals surface area contributed by atoms with Gasteiger partial charge in [0, 0.05) is 24.6 Å². The number of hydrogen-bond donors (Lipinski definition) is 1. The fraction of sp³-hybridized carbons (Fsp3) is 0.100. The largest absolute Gasteiger partial charge is 0.399 e. The highest BCUT2D eigenvalue weighted by molar-refractivity contribution is 5.40. The lowest BCUT2D eigenvalue weighted by molar-refractivity contribution is 0.790. The van der Waals surface area contributed by atoms with E-state index in [-0.39, 0.29) is 0 Å². The topological polar surface area (TPSA) is 43.8 Å². The van der Waals surface area contributed by atoms with Gasteiger partial charge in [-0.05, 0) is 17.7 Å². The fourth-order valence-corrected chi connectivity index (χ4v) is 1.23. The van der Waals surface area contributed by atoms with Crippen molar-refractivity contribution >= 4 is 5.69 Å². The fourth-order valence-electron chi connectivity index (χ4n) is 1.23. The van der Waals surface area contributed by atoms with Crippen LogP contribution in [0.4, 0.5) is 5.69 Å². The molecule has 0 aliphatic carbocycles. The molecule has 0 spiro atoms. The molecule has 0 bridgehead atoms. The first-order chi connectivity index (χ1) is 6.34. The molecule has 3 nitrogen and oxygen atoms in total. The van der Waals surface area contributed by atoms with Crippen molar-refractivity contribution in [3.05, 3.63) is 48.5 Å². The van der Waals surface area contributed by atoms with Gasteiger partial charge in [0.2, 0.25) is 0 Å². The van der Waals surface area contributed by atoms with Gasteiger partial charge in [0.15, 0.2) is 6.33 Å². The lowest BCUT2D eigenvalue weighted by Crippen LogP contribution is -1.97. The van der Waals surface area contributed by atoms with Gasteiger partial charge < -0.3 is 10.3 Å². The molecule has 0 saturated heterocycles. The first-order valence-corrected chi connectivity index (χ1v) is 4.08. The molecule has 1 heterocycles. The maximum atomic E-state index is 5.65. The lowest BCUT2D eigenvalue weighted by atomic mass is 10.2. The van der Waals surface area contributed by atoms with Gasteiger partial charge in [-0.3, -0.25) is 0 Å². The maximum absolute atomic E-state index is 5.65. The Balaban J connectivity index is 2.19. The number of nitrogen functional groups attached to an aromatic ring is 1. The SMILES string of the molecule is Nc1cccc(Cn2[c]ncc2)c1. The molecule has 13 heavy (non-hydrogen) atoms. The molecule has 0 saturated carbocycles. The van der Waals surface area contributed by atoms with Crippen molar-refractivity contribution in [1.82, 2.24) is 9.55 Å². The molecule has 1 aromatic carbocycles. The van der Waals surface area contributed by atoms with Crippen LogP contribution < -0.4 is 5.73 Å². The normalized spacial score (nSPS) is 10.2. The first kappa shape index (κ1) is 7.86. The predicted octanol–water partition coefficient (Wildman–Crippen LogP) is 1.31. The van der Waals surface area contributed by atoms with Crippen molar-refractivity contribution in [3.8, 4) is 0 Å². The van der Waals surface area contributed by atoms with Crippen LogP contribution in [0.15, 0.2) is 36.7 Å². The van der Waals surface area contributed by atoms with E-state index in [2.05, 4.69) is 11.3 Å². The maximum Gasteiger partial charge on any atom is 0.176 e. The molecule has 2 rings (SSSR count). The van der Waals surface area contributed by atoms with Crippen LogP contribution >= 0.6 is 0 Å². The molecular formula is C10H10N3. The van der Waals surface area contributed by atoms with Gasteiger partial charge in [-0.15, -0.1) is 0 Å². The Kier molecular flexibility index (Phi) is 2.00. The van der Waals surface area contributed by atoms with Crippen LogP contribution in [0.1, 0.15) is 5.56 Å². The predicted molar refractivity (Wildman–Crippen MR) is 51.0 cm³/mol.